The van der Waals surface area contributed by atoms with Gasteiger partial charge in [0.2, 0.25) is 0 Å². The molecule has 3 fully saturated rings. The van der Waals surface area contributed by atoms with Crippen molar-refractivity contribution in [3.8, 4) is 0 Å². The number of benzene rings is 1. The number of allylic oxidation sites excluding steroid dienone is 1. The zero-order valence-electron chi connectivity index (χ0n) is 23.8. The minimum atomic E-state index is -0.752. The molecule has 0 spiro atoms. The molecule has 41 heavy (non-hydrogen) atoms. The number of nitrogens with one attached hydrogen (secondary N) is 1. The van der Waals surface area contributed by atoms with E-state index in [0.29, 0.717) is 34.8 Å². The molecule has 2 unspecified atom stereocenters. The number of hydrogen-bond donors (Lipinski definition) is 2. The van der Waals surface area contributed by atoms with Crippen molar-refractivity contribution in [2.75, 3.05) is 5.32 Å². The molecule has 1 aromatic carbocycles. The summed E-state index contributed by atoms with van der Waals surface area (Å²) >= 11 is 0. The van der Waals surface area contributed by atoms with E-state index < -0.39 is 23.5 Å². The van der Waals surface area contributed by atoms with E-state index in [0.717, 1.165) is 62.2 Å². The van der Waals surface area contributed by atoms with Crippen molar-refractivity contribution in [2.24, 2.45) is 17.8 Å². The van der Waals surface area contributed by atoms with E-state index in [1.807, 2.05) is 18.3 Å². The normalized spacial score (nSPS) is 23.1. The van der Waals surface area contributed by atoms with Crippen molar-refractivity contribution < 1.29 is 18.7 Å². The van der Waals surface area contributed by atoms with Crippen LogP contribution in [0.4, 0.5) is 14.6 Å². The molecule has 7 rings (SSSR count). The molecule has 218 valence electrons. The fourth-order valence-electron chi connectivity index (χ4n) is 7.46. The molecule has 0 saturated heterocycles. The lowest BCUT2D eigenvalue weighted by atomic mass is 9.61. The number of nitrogens with zero attached hydrogens (tertiary/aromatic N) is 3. The van der Waals surface area contributed by atoms with E-state index in [-0.39, 0.29) is 17.9 Å². The van der Waals surface area contributed by atoms with Crippen molar-refractivity contribution in [1.29, 1.82) is 0 Å². The second-order valence-electron chi connectivity index (χ2n) is 12.2. The summed E-state index contributed by atoms with van der Waals surface area (Å²) in [4.78, 5) is 22.2. The van der Waals surface area contributed by atoms with Crippen LogP contribution in [0.2, 0.25) is 0 Å². The van der Waals surface area contributed by atoms with Crippen LogP contribution < -0.4 is 5.32 Å². The van der Waals surface area contributed by atoms with Crippen LogP contribution in [0, 0.1) is 29.4 Å². The summed E-state index contributed by atoms with van der Waals surface area (Å²) in [6.07, 6.45) is 16.7. The molecular formula is C33H40F2N4O2. The van der Waals surface area contributed by atoms with Crippen molar-refractivity contribution in [3.05, 3.63) is 59.1 Å². The number of fused-ring (bicyclic) bond motifs is 5. The first-order chi connectivity index (χ1) is 19.9. The van der Waals surface area contributed by atoms with Crippen LogP contribution in [0.3, 0.4) is 0 Å². The van der Waals surface area contributed by atoms with Gasteiger partial charge in [-0.2, -0.15) is 0 Å². The summed E-state index contributed by atoms with van der Waals surface area (Å²) in [5.74, 6) is -0.927. The Balaban J connectivity index is 1.34. The number of unbranched alkanes of at least 4 members (excludes halogenated alkanes) is 6. The second-order valence-corrected chi connectivity index (χ2v) is 12.2. The zero-order chi connectivity index (χ0) is 28.5. The topological polar surface area (TPSA) is 80.0 Å². The number of carboxylic acid groups (broad SMARTS) is 1. The van der Waals surface area contributed by atoms with Gasteiger partial charge in [0, 0.05) is 30.4 Å². The number of carboxylic acids is 1. The summed E-state index contributed by atoms with van der Waals surface area (Å²) in [5.41, 5.74) is 2.32. The number of rotatable bonds is 12. The van der Waals surface area contributed by atoms with Gasteiger partial charge in [0.1, 0.15) is 23.1 Å². The Morgan fingerprint density at radius 1 is 1.02 bits per heavy atom. The first kappa shape index (κ1) is 27.9. The summed E-state index contributed by atoms with van der Waals surface area (Å²) in [7, 11) is 0. The van der Waals surface area contributed by atoms with Crippen LogP contribution in [0.5, 0.6) is 0 Å². The van der Waals surface area contributed by atoms with Crippen LogP contribution >= 0.6 is 0 Å². The average Bonchev–Trinajstić information content (AvgIpc) is 3.57. The predicted octanol–water partition coefficient (Wildman–Crippen LogP) is 7.75. The lowest BCUT2D eigenvalue weighted by Crippen LogP contribution is -2.51. The van der Waals surface area contributed by atoms with Gasteiger partial charge in [-0.1, -0.05) is 51.5 Å². The Kier molecular flexibility index (Phi) is 8.09. The van der Waals surface area contributed by atoms with Crippen molar-refractivity contribution in [3.63, 3.8) is 0 Å². The average molecular weight is 563 g/mol. The van der Waals surface area contributed by atoms with Gasteiger partial charge >= 0.3 is 5.97 Å². The number of halogens is 2. The first-order valence-corrected chi connectivity index (χ1v) is 15.5. The van der Waals surface area contributed by atoms with Gasteiger partial charge < -0.3 is 15.0 Å². The maximum Gasteiger partial charge on any atom is 0.308 e. The van der Waals surface area contributed by atoms with E-state index in [1.165, 1.54) is 38.2 Å². The quantitative estimate of drug-likeness (QED) is 0.221. The van der Waals surface area contributed by atoms with Gasteiger partial charge in [0.15, 0.2) is 5.82 Å². The molecule has 2 aromatic heterocycles. The number of hydrogen-bond acceptors (Lipinski definition) is 4. The van der Waals surface area contributed by atoms with Crippen LogP contribution in [-0.4, -0.2) is 31.7 Å². The standard InChI is InChI=1S/C33H40F2N4O2/c1-2-3-4-5-6-7-8-16-39-17-15-25-31(36-29-21-11-9-20(10-12-21)28(29)33(40)41)37-30(38-32(25)39)24-14-13-23-26(24)18-22(34)19-27(23)35/h14-15,17-21,28-29H,2-13,16H2,1H3,(H,40,41)(H,36,37,38). The highest BCUT2D eigenvalue weighted by molar-refractivity contribution is 5.91. The van der Waals surface area contributed by atoms with E-state index in [2.05, 4.69) is 16.8 Å². The van der Waals surface area contributed by atoms with Gasteiger partial charge in [-0.3, -0.25) is 4.79 Å². The van der Waals surface area contributed by atoms with E-state index >= 15 is 0 Å². The molecule has 3 saturated carbocycles. The smallest absolute Gasteiger partial charge is 0.308 e. The van der Waals surface area contributed by atoms with Crippen molar-refractivity contribution in [1.82, 2.24) is 14.5 Å². The van der Waals surface area contributed by atoms with Gasteiger partial charge in [0.25, 0.3) is 0 Å². The Morgan fingerprint density at radius 2 is 1.76 bits per heavy atom. The molecular weight excluding hydrogens is 522 g/mol. The number of carbonyl (C=O) groups is 1. The Morgan fingerprint density at radius 3 is 2.51 bits per heavy atom. The second kappa shape index (κ2) is 11.9. The molecule has 3 aromatic rings. The molecule has 6 nitrogen and oxygen atoms in total. The van der Waals surface area contributed by atoms with E-state index in [1.54, 1.807) is 0 Å². The Bertz CT molecular complexity index is 1460. The minimum absolute atomic E-state index is 0.170. The van der Waals surface area contributed by atoms with Gasteiger partial charge in [-0.25, -0.2) is 18.7 Å². The maximum absolute atomic E-state index is 14.6. The third kappa shape index (κ3) is 5.50. The minimum Gasteiger partial charge on any atom is -0.481 e. The number of aliphatic carboxylic acids is 1. The molecule has 2 N–H and O–H groups in total. The maximum atomic E-state index is 14.6. The summed E-state index contributed by atoms with van der Waals surface area (Å²) < 4.78 is 31.0. The predicted molar refractivity (Wildman–Crippen MR) is 157 cm³/mol. The van der Waals surface area contributed by atoms with Crippen LogP contribution in [0.25, 0.3) is 16.6 Å². The van der Waals surface area contributed by atoms with Gasteiger partial charge in [0.05, 0.1) is 11.3 Å². The summed E-state index contributed by atoms with van der Waals surface area (Å²) in [6.45, 7) is 3.04. The molecule has 2 atom stereocenters. The van der Waals surface area contributed by atoms with E-state index in [4.69, 9.17) is 9.97 Å². The first-order valence-electron chi connectivity index (χ1n) is 15.5. The monoisotopic (exact) mass is 562 g/mol. The highest BCUT2D eigenvalue weighted by Crippen LogP contribution is 2.47. The fraction of sp³-hybridized carbons (Fsp3) is 0.545. The fourth-order valence-corrected chi connectivity index (χ4v) is 7.46. The molecule has 4 aliphatic carbocycles. The molecule has 0 aliphatic heterocycles. The SMILES string of the molecule is CCCCCCCCCn1ccc2c(NC3C4CCC(CC4)C3C(=O)O)nc(C3=CCc4c(F)cc(F)cc43)nc21. The molecule has 8 heteroatoms. The zero-order valence-corrected chi connectivity index (χ0v) is 23.8. The van der Waals surface area contributed by atoms with Crippen LogP contribution in [-0.2, 0) is 17.8 Å². The van der Waals surface area contributed by atoms with Crippen LogP contribution in [0.15, 0.2) is 30.5 Å². The molecule has 2 bridgehead atoms. The molecule has 4 aliphatic rings. The van der Waals surface area contributed by atoms with Gasteiger partial charge in [-0.15, -0.1) is 0 Å². The highest BCUT2D eigenvalue weighted by Gasteiger charge is 2.47. The Hall–Kier alpha value is -3.29. The molecule has 2 heterocycles. The highest BCUT2D eigenvalue weighted by atomic mass is 19.1. The third-order valence-corrected chi connectivity index (χ3v) is 9.63. The molecule has 0 amide bonds. The lowest BCUT2D eigenvalue weighted by molar-refractivity contribution is -0.148. The van der Waals surface area contributed by atoms with E-state index in [9.17, 15) is 18.7 Å². The van der Waals surface area contributed by atoms with Gasteiger partial charge in [-0.05, 0) is 73.6 Å². The largest absolute Gasteiger partial charge is 0.481 e. The third-order valence-electron chi connectivity index (χ3n) is 9.63. The van der Waals surface area contributed by atoms with Crippen molar-refractivity contribution in [2.45, 2.75) is 96.6 Å². The number of aryl methyl sites for hydroxylation is 1. The summed E-state index contributed by atoms with van der Waals surface area (Å²) in [5, 5.41) is 14.6. The lowest BCUT2D eigenvalue weighted by Gasteiger charge is -2.47. The van der Waals surface area contributed by atoms with Crippen molar-refractivity contribution >= 4 is 28.4 Å². The Labute approximate surface area is 240 Å². The molecule has 0 radical (unpaired) electrons. The number of aromatic nitrogens is 3. The summed E-state index contributed by atoms with van der Waals surface area (Å²) in [6, 6.07) is 4.08. The van der Waals surface area contributed by atoms with Crippen LogP contribution in [0.1, 0.15) is 94.5 Å². The number of anilines is 1.